The van der Waals surface area contributed by atoms with Gasteiger partial charge < -0.3 is 14.8 Å². The van der Waals surface area contributed by atoms with Gasteiger partial charge in [-0.2, -0.15) is 11.8 Å². The molecule has 1 aliphatic rings. The first-order valence-corrected chi connectivity index (χ1v) is 7.46. The number of hydrogen-bond donors (Lipinski definition) is 2. The molecule has 2 rings (SSSR count). The Morgan fingerprint density at radius 3 is 2.88 bits per heavy atom. The van der Waals surface area contributed by atoms with Crippen LogP contribution in [0.5, 0.6) is 0 Å². The van der Waals surface area contributed by atoms with Crippen LogP contribution in [-0.4, -0.2) is 29.2 Å². The Hall–Kier alpha value is -0.450. The lowest BCUT2D eigenvalue weighted by Gasteiger charge is -2.27. The van der Waals surface area contributed by atoms with E-state index in [1.165, 1.54) is 25.7 Å². The van der Waals surface area contributed by atoms with Crippen molar-refractivity contribution >= 4 is 11.8 Å². The summed E-state index contributed by atoms with van der Waals surface area (Å²) < 4.78 is 5.57. The van der Waals surface area contributed by atoms with E-state index in [2.05, 4.69) is 11.6 Å². The van der Waals surface area contributed by atoms with E-state index in [1.54, 1.807) is 12.3 Å². The van der Waals surface area contributed by atoms with Gasteiger partial charge in [-0.05, 0) is 31.2 Å². The molecule has 1 unspecified atom stereocenters. The first kappa shape index (κ1) is 13.0. The zero-order valence-electron chi connectivity index (χ0n) is 10.3. The SMILES string of the molecule is CSC1(CNCC(O)c2ccco2)CCCC1. The molecule has 0 saturated heterocycles. The van der Waals surface area contributed by atoms with Gasteiger partial charge in [0, 0.05) is 17.8 Å². The molecule has 2 N–H and O–H groups in total. The van der Waals surface area contributed by atoms with Crippen molar-refractivity contribution < 1.29 is 9.52 Å². The minimum Gasteiger partial charge on any atom is -0.467 e. The zero-order chi connectivity index (χ0) is 12.1. The van der Waals surface area contributed by atoms with Crippen molar-refractivity contribution in [2.45, 2.75) is 36.5 Å². The lowest BCUT2D eigenvalue weighted by atomic mass is 10.1. The minimum atomic E-state index is -0.537. The average Bonchev–Trinajstić information content (AvgIpc) is 3.01. The van der Waals surface area contributed by atoms with Crippen LogP contribution in [-0.2, 0) is 0 Å². The third-order valence-electron chi connectivity index (χ3n) is 3.60. The van der Waals surface area contributed by atoms with E-state index in [1.807, 2.05) is 17.8 Å². The summed E-state index contributed by atoms with van der Waals surface area (Å²) in [5, 5.41) is 13.3. The molecule has 0 bridgehead atoms. The van der Waals surface area contributed by atoms with Crippen molar-refractivity contribution in [3.05, 3.63) is 24.2 Å². The summed E-state index contributed by atoms with van der Waals surface area (Å²) in [5.74, 6) is 0.641. The normalized spacial score (nSPS) is 20.6. The van der Waals surface area contributed by atoms with Gasteiger partial charge in [0.25, 0.3) is 0 Å². The molecule has 1 aromatic rings. The lowest BCUT2D eigenvalue weighted by molar-refractivity contribution is 0.146. The molecule has 0 aromatic carbocycles. The number of rotatable bonds is 6. The molecule has 0 spiro atoms. The van der Waals surface area contributed by atoms with Gasteiger partial charge >= 0.3 is 0 Å². The van der Waals surface area contributed by atoms with E-state index >= 15 is 0 Å². The van der Waals surface area contributed by atoms with Gasteiger partial charge in [0.15, 0.2) is 0 Å². The Morgan fingerprint density at radius 1 is 1.53 bits per heavy atom. The Morgan fingerprint density at radius 2 is 2.29 bits per heavy atom. The molecule has 1 heterocycles. The van der Waals surface area contributed by atoms with Crippen molar-refractivity contribution in [3.8, 4) is 0 Å². The Balaban J connectivity index is 1.75. The second-order valence-corrected chi connectivity index (χ2v) is 6.03. The molecular weight excluding hydrogens is 234 g/mol. The van der Waals surface area contributed by atoms with Crippen molar-refractivity contribution in [2.24, 2.45) is 0 Å². The largest absolute Gasteiger partial charge is 0.467 e. The van der Waals surface area contributed by atoms with E-state index in [0.29, 0.717) is 17.1 Å². The summed E-state index contributed by atoms with van der Waals surface area (Å²) in [6.07, 6.45) is 8.50. The molecular formula is C13H21NO2S. The van der Waals surface area contributed by atoms with Gasteiger partial charge in [0.2, 0.25) is 0 Å². The molecule has 0 aliphatic heterocycles. The monoisotopic (exact) mass is 255 g/mol. The molecule has 1 saturated carbocycles. The molecule has 1 fully saturated rings. The topological polar surface area (TPSA) is 45.4 Å². The summed E-state index contributed by atoms with van der Waals surface area (Å²) in [5.41, 5.74) is 0. The number of aliphatic hydroxyl groups is 1. The van der Waals surface area contributed by atoms with Crippen LogP contribution in [0.15, 0.2) is 22.8 Å². The molecule has 0 radical (unpaired) electrons. The molecule has 1 aromatic heterocycles. The van der Waals surface area contributed by atoms with Gasteiger partial charge in [-0.25, -0.2) is 0 Å². The highest BCUT2D eigenvalue weighted by molar-refractivity contribution is 8.00. The van der Waals surface area contributed by atoms with Crippen LogP contribution in [0.25, 0.3) is 0 Å². The standard InChI is InChI=1S/C13H21NO2S/c1-17-13(6-2-3-7-13)10-14-9-11(15)12-5-4-8-16-12/h4-5,8,11,14-15H,2-3,6-7,9-10H2,1H3. The molecule has 3 nitrogen and oxygen atoms in total. The van der Waals surface area contributed by atoms with E-state index in [-0.39, 0.29) is 0 Å². The van der Waals surface area contributed by atoms with Gasteiger partial charge in [-0.3, -0.25) is 0 Å². The van der Waals surface area contributed by atoms with E-state index in [9.17, 15) is 5.11 Å². The van der Waals surface area contributed by atoms with Crippen molar-refractivity contribution in [2.75, 3.05) is 19.3 Å². The highest BCUT2D eigenvalue weighted by atomic mass is 32.2. The predicted molar refractivity (Wildman–Crippen MR) is 71.3 cm³/mol. The number of furan rings is 1. The fourth-order valence-electron chi connectivity index (χ4n) is 2.49. The maximum absolute atomic E-state index is 9.88. The Kier molecular flexibility index (Phi) is 4.54. The van der Waals surface area contributed by atoms with Crippen molar-refractivity contribution in [3.63, 3.8) is 0 Å². The zero-order valence-corrected chi connectivity index (χ0v) is 11.1. The van der Waals surface area contributed by atoms with Crippen LogP contribution in [0.2, 0.25) is 0 Å². The summed E-state index contributed by atoms with van der Waals surface area (Å²) >= 11 is 1.96. The first-order chi connectivity index (χ1) is 8.26. The van der Waals surface area contributed by atoms with Crippen LogP contribution >= 0.6 is 11.8 Å². The van der Waals surface area contributed by atoms with E-state index in [0.717, 1.165) is 6.54 Å². The third-order valence-corrected chi connectivity index (χ3v) is 5.02. The Labute approximate surface area is 107 Å². The van der Waals surface area contributed by atoms with Crippen LogP contribution in [0.3, 0.4) is 0 Å². The summed E-state index contributed by atoms with van der Waals surface area (Å²) in [4.78, 5) is 0. The quantitative estimate of drug-likeness (QED) is 0.820. The number of hydrogen-bond acceptors (Lipinski definition) is 4. The number of thioether (sulfide) groups is 1. The molecule has 0 amide bonds. The smallest absolute Gasteiger partial charge is 0.133 e. The molecule has 1 atom stereocenters. The maximum Gasteiger partial charge on any atom is 0.133 e. The second-order valence-electron chi connectivity index (χ2n) is 4.76. The average molecular weight is 255 g/mol. The van der Waals surface area contributed by atoms with Crippen molar-refractivity contribution in [1.82, 2.24) is 5.32 Å². The van der Waals surface area contributed by atoms with Gasteiger partial charge in [-0.1, -0.05) is 12.8 Å². The summed E-state index contributed by atoms with van der Waals surface area (Å²) in [7, 11) is 0. The van der Waals surface area contributed by atoms with Crippen molar-refractivity contribution in [1.29, 1.82) is 0 Å². The Bertz CT molecular complexity index is 320. The van der Waals surface area contributed by atoms with E-state index in [4.69, 9.17) is 4.42 Å². The van der Waals surface area contributed by atoms with Crippen LogP contribution in [0, 0.1) is 0 Å². The van der Waals surface area contributed by atoms with Crippen LogP contribution in [0.1, 0.15) is 37.5 Å². The lowest BCUT2D eigenvalue weighted by Crippen LogP contribution is -2.37. The van der Waals surface area contributed by atoms with Gasteiger partial charge in [0.05, 0.1) is 6.26 Å². The van der Waals surface area contributed by atoms with Crippen LogP contribution in [0.4, 0.5) is 0 Å². The molecule has 96 valence electrons. The molecule has 4 heteroatoms. The van der Waals surface area contributed by atoms with Gasteiger partial charge in [0.1, 0.15) is 11.9 Å². The fourth-order valence-corrected chi connectivity index (χ4v) is 3.43. The predicted octanol–water partition coefficient (Wildman–Crippen LogP) is 2.58. The molecule has 17 heavy (non-hydrogen) atoms. The third kappa shape index (κ3) is 3.27. The minimum absolute atomic E-state index is 0.392. The first-order valence-electron chi connectivity index (χ1n) is 6.23. The van der Waals surface area contributed by atoms with Crippen LogP contribution < -0.4 is 5.32 Å². The molecule has 1 aliphatic carbocycles. The van der Waals surface area contributed by atoms with Gasteiger partial charge in [-0.15, -0.1) is 0 Å². The maximum atomic E-state index is 9.88. The fraction of sp³-hybridized carbons (Fsp3) is 0.692. The summed E-state index contributed by atoms with van der Waals surface area (Å²) in [6, 6.07) is 3.62. The van der Waals surface area contributed by atoms with E-state index < -0.39 is 6.10 Å². The number of nitrogens with one attached hydrogen (secondary N) is 1. The highest BCUT2D eigenvalue weighted by Gasteiger charge is 2.32. The number of aliphatic hydroxyl groups excluding tert-OH is 1. The highest BCUT2D eigenvalue weighted by Crippen LogP contribution is 2.39. The second kappa shape index (κ2) is 5.94. The summed E-state index contributed by atoms with van der Waals surface area (Å²) in [6.45, 7) is 1.54.